The van der Waals surface area contributed by atoms with Crippen LogP contribution in [-0.4, -0.2) is 58.9 Å². The van der Waals surface area contributed by atoms with Gasteiger partial charge in [0.25, 0.3) is 0 Å². The molecule has 0 saturated carbocycles. The van der Waals surface area contributed by atoms with Gasteiger partial charge >= 0.3 is 0 Å². The first-order valence-electron chi connectivity index (χ1n) is 12.6. The van der Waals surface area contributed by atoms with Crippen molar-refractivity contribution in [2.24, 2.45) is 5.92 Å². The van der Waals surface area contributed by atoms with Crippen LogP contribution in [0.3, 0.4) is 0 Å². The molecular weight excluding hydrogens is 428 g/mol. The van der Waals surface area contributed by atoms with E-state index in [4.69, 9.17) is 0 Å². The molecule has 34 heavy (non-hydrogen) atoms. The number of carbonyl (C=O) groups is 3. The van der Waals surface area contributed by atoms with Gasteiger partial charge in [0.1, 0.15) is 5.54 Å². The van der Waals surface area contributed by atoms with Gasteiger partial charge in [-0.05, 0) is 62.6 Å². The molecule has 1 N–H and O–H groups in total. The summed E-state index contributed by atoms with van der Waals surface area (Å²) >= 11 is 0. The number of Topliss-reactive ketones (excluding diaryl/α,β-unsaturated/α-hetero) is 1. The highest BCUT2D eigenvalue weighted by atomic mass is 16.2. The van der Waals surface area contributed by atoms with Crippen molar-refractivity contribution in [2.75, 3.05) is 31.2 Å². The normalized spacial score (nSPS) is 23.8. The Balaban J connectivity index is 1.18. The lowest BCUT2D eigenvalue weighted by Gasteiger charge is -2.44. The van der Waals surface area contributed by atoms with Crippen LogP contribution in [0, 0.1) is 5.92 Å². The molecule has 2 saturated heterocycles. The number of likely N-dealkylation sites (tertiary alicyclic amines) is 1. The van der Waals surface area contributed by atoms with E-state index in [0.29, 0.717) is 6.67 Å². The molecule has 0 bridgehead atoms. The van der Waals surface area contributed by atoms with Gasteiger partial charge in [-0.15, -0.1) is 0 Å². The van der Waals surface area contributed by atoms with Gasteiger partial charge in [0.2, 0.25) is 11.8 Å². The Kier molecular flexibility index (Phi) is 5.13. The lowest BCUT2D eigenvalue weighted by molar-refractivity contribution is -0.125. The van der Waals surface area contributed by atoms with Crippen LogP contribution in [0.15, 0.2) is 30.3 Å². The number of anilines is 1. The van der Waals surface area contributed by atoms with Crippen molar-refractivity contribution in [3.63, 3.8) is 0 Å². The molecule has 2 aliphatic heterocycles. The Hall–Kier alpha value is -2.93. The zero-order chi connectivity index (χ0) is 23.4. The monoisotopic (exact) mass is 460 g/mol. The number of hydrogen-bond donors (Lipinski definition) is 1. The van der Waals surface area contributed by atoms with Crippen molar-refractivity contribution in [1.82, 2.24) is 14.8 Å². The van der Waals surface area contributed by atoms with Gasteiger partial charge < -0.3 is 15.1 Å². The van der Waals surface area contributed by atoms with Crippen LogP contribution in [-0.2, 0) is 24.1 Å². The number of ketones is 1. The number of aromatic nitrogens is 1. The number of benzene rings is 1. The Bertz CT molecular complexity index is 1160. The quantitative estimate of drug-likeness (QED) is 0.763. The number of nitrogens with one attached hydrogen (secondary N) is 1. The van der Waals surface area contributed by atoms with E-state index in [2.05, 4.69) is 27.2 Å². The highest BCUT2D eigenvalue weighted by Crippen LogP contribution is 2.39. The Labute approximate surface area is 200 Å². The molecule has 2 aromatic rings. The average Bonchev–Trinajstić information content (AvgIpc) is 3.51. The second kappa shape index (κ2) is 8.08. The summed E-state index contributed by atoms with van der Waals surface area (Å²) in [5.74, 6) is 0.348. The standard InChI is InChI=1S/C27H32N4O3/c1-18(32)31-22-9-5-8-21(22)24-23(31)11-10-19(25(24)33)16-29-14-12-27(13-15-29)26(34)28-17-30(27)20-6-3-2-4-7-20/h2-4,6-7,19H,5,8-17H2,1H3,(H,28,34). The molecule has 178 valence electrons. The summed E-state index contributed by atoms with van der Waals surface area (Å²) in [6.07, 6.45) is 5.94. The van der Waals surface area contributed by atoms with E-state index in [1.807, 2.05) is 22.8 Å². The minimum absolute atomic E-state index is 0.0308. The molecule has 1 atom stereocenters. The molecule has 1 aromatic heterocycles. The predicted molar refractivity (Wildman–Crippen MR) is 129 cm³/mol. The molecule has 0 radical (unpaired) electrons. The highest BCUT2D eigenvalue weighted by molar-refractivity contribution is 6.03. The summed E-state index contributed by atoms with van der Waals surface area (Å²) in [6.45, 7) is 4.50. The van der Waals surface area contributed by atoms with E-state index in [9.17, 15) is 14.4 Å². The van der Waals surface area contributed by atoms with E-state index < -0.39 is 5.54 Å². The number of piperidine rings is 1. The number of para-hydroxylation sites is 1. The number of hydrogen-bond acceptors (Lipinski definition) is 5. The Morgan fingerprint density at radius 1 is 1.06 bits per heavy atom. The van der Waals surface area contributed by atoms with Crippen molar-refractivity contribution >= 4 is 23.3 Å². The molecule has 1 amide bonds. The first kappa shape index (κ1) is 21.6. The Morgan fingerprint density at radius 3 is 2.56 bits per heavy atom. The minimum atomic E-state index is -0.499. The van der Waals surface area contributed by atoms with E-state index in [-0.39, 0.29) is 23.5 Å². The van der Waals surface area contributed by atoms with Crippen molar-refractivity contribution in [1.29, 1.82) is 0 Å². The van der Waals surface area contributed by atoms with Crippen molar-refractivity contribution in [3.05, 3.63) is 52.8 Å². The maximum absolute atomic E-state index is 13.6. The molecule has 6 rings (SSSR count). The molecule has 7 nitrogen and oxygen atoms in total. The number of fused-ring (bicyclic) bond motifs is 3. The van der Waals surface area contributed by atoms with Crippen LogP contribution >= 0.6 is 0 Å². The van der Waals surface area contributed by atoms with E-state index in [0.717, 1.165) is 92.8 Å². The van der Waals surface area contributed by atoms with Gasteiger partial charge in [0.05, 0.1) is 6.67 Å². The van der Waals surface area contributed by atoms with Crippen LogP contribution in [0.4, 0.5) is 5.69 Å². The third kappa shape index (κ3) is 3.17. The summed E-state index contributed by atoms with van der Waals surface area (Å²) in [7, 11) is 0. The third-order valence-electron chi connectivity index (χ3n) is 8.55. The SMILES string of the molecule is CC(=O)n1c2c(c3c1CCC(CN1CCC4(CC1)C(=O)NCN4c1ccccc1)C3=O)CCC2. The summed E-state index contributed by atoms with van der Waals surface area (Å²) < 4.78 is 1.84. The predicted octanol–water partition coefficient (Wildman–Crippen LogP) is 2.81. The van der Waals surface area contributed by atoms with E-state index in [1.54, 1.807) is 6.92 Å². The molecular formula is C27H32N4O3. The number of carbonyl (C=O) groups excluding carboxylic acids is 3. The van der Waals surface area contributed by atoms with Gasteiger partial charge in [-0.2, -0.15) is 0 Å². The fourth-order valence-electron chi connectivity index (χ4n) is 6.87. The van der Waals surface area contributed by atoms with Gasteiger partial charge in [0, 0.05) is 55.1 Å². The second-order valence-corrected chi connectivity index (χ2v) is 10.3. The molecule has 1 unspecified atom stereocenters. The molecule has 4 aliphatic rings. The van der Waals surface area contributed by atoms with Crippen LogP contribution in [0.1, 0.15) is 64.7 Å². The van der Waals surface area contributed by atoms with E-state index >= 15 is 0 Å². The van der Waals surface area contributed by atoms with Gasteiger partial charge in [-0.1, -0.05) is 18.2 Å². The maximum atomic E-state index is 13.6. The summed E-state index contributed by atoms with van der Waals surface area (Å²) in [4.78, 5) is 43.5. The van der Waals surface area contributed by atoms with Gasteiger partial charge in [-0.25, -0.2) is 0 Å². The summed E-state index contributed by atoms with van der Waals surface area (Å²) in [5, 5.41) is 3.06. The van der Waals surface area contributed by atoms with Crippen molar-refractivity contribution in [2.45, 2.75) is 57.4 Å². The summed E-state index contributed by atoms with van der Waals surface area (Å²) in [5.41, 5.74) is 4.61. The van der Waals surface area contributed by atoms with Crippen LogP contribution in [0.2, 0.25) is 0 Å². The number of rotatable bonds is 3. The average molecular weight is 461 g/mol. The van der Waals surface area contributed by atoms with Gasteiger partial charge in [-0.3, -0.25) is 19.0 Å². The lowest BCUT2D eigenvalue weighted by atomic mass is 9.82. The molecule has 2 aliphatic carbocycles. The third-order valence-corrected chi connectivity index (χ3v) is 8.55. The van der Waals surface area contributed by atoms with Crippen molar-refractivity contribution in [3.8, 4) is 0 Å². The minimum Gasteiger partial charge on any atom is -0.339 e. The van der Waals surface area contributed by atoms with Crippen molar-refractivity contribution < 1.29 is 14.4 Å². The van der Waals surface area contributed by atoms with E-state index in [1.165, 1.54) is 0 Å². The number of amides is 1. The zero-order valence-electron chi connectivity index (χ0n) is 19.8. The fourth-order valence-corrected chi connectivity index (χ4v) is 6.87. The fraction of sp³-hybridized carbons (Fsp3) is 0.519. The topological polar surface area (TPSA) is 74.7 Å². The number of nitrogens with zero attached hydrogens (tertiary/aromatic N) is 3. The van der Waals surface area contributed by atoms with Crippen LogP contribution < -0.4 is 10.2 Å². The molecule has 7 heteroatoms. The highest BCUT2D eigenvalue weighted by Gasteiger charge is 2.50. The molecule has 1 spiro atoms. The first-order chi connectivity index (χ1) is 16.5. The molecule has 3 heterocycles. The van der Waals surface area contributed by atoms with Crippen LogP contribution in [0.25, 0.3) is 0 Å². The Morgan fingerprint density at radius 2 is 1.82 bits per heavy atom. The second-order valence-electron chi connectivity index (χ2n) is 10.3. The molecule has 1 aromatic carbocycles. The zero-order valence-corrected chi connectivity index (χ0v) is 19.8. The molecule has 2 fully saturated rings. The van der Waals surface area contributed by atoms with Crippen LogP contribution in [0.5, 0.6) is 0 Å². The summed E-state index contributed by atoms with van der Waals surface area (Å²) in [6, 6.07) is 10.2. The maximum Gasteiger partial charge on any atom is 0.247 e. The van der Waals surface area contributed by atoms with Gasteiger partial charge in [0.15, 0.2) is 5.78 Å². The smallest absolute Gasteiger partial charge is 0.247 e. The largest absolute Gasteiger partial charge is 0.339 e. The lowest BCUT2D eigenvalue weighted by Crippen LogP contribution is -2.57. The first-order valence-corrected chi connectivity index (χ1v) is 12.6.